The zero-order valence-corrected chi connectivity index (χ0v) is 9.02. The number of thiol groups is 1. The Morgan fingerprint density at radius 1 is 1.54 bits per heavy atom. The van der Waals surface area contributed by atoms with E-state index in [0.717, 1.165) is 32.5 Å². The lowest BCUT2D eigenvalue weighted by Gasteiger charge is -2.31. The van der Waals surface area contributed by atoms with Gasteiger partial charge in [-0.05, 0) is 25.8 Å². The molecule has 0 radical (unpaired) electrons. The van der Waals surface area contributed by atoms with Crippen molar-refractivity contribution in [3.63, 3.8) is 0 Å². The van der Waals surface area contributed by atoms with E-state index >= 15 is 0 Å². The van der Waals surface area contributed by atoms with Gasteiger partial charge in [-0.2, -0.15) is 0 Å². The maximum atomic E-state index is 10.9. The van der Waals surface area contributed by atoms with Crippen LogP contribution in [0.15, 0.2) is 0 Å². The van der Waals surface area contributed by atoms with Crippen LogP contribution in [-0.4, -0.2) is 35.8 Å². The van der Waals surface area contributed by atoms with Crippen LogP contribution in [0.25, 0.3) is 0 Å². The minimum atomic E-state index is -0.0889. The average Bonchev–Trinajstić information content (AvgIpc) is 2.15. The van der Waals surface area contributed by atoms with E-state index in [-0.39, 0.29) is 5.24 Å². The molecule has 0 bridgehead atoms. The van der Waals surface area contributed by atoms with Crippen LogP contribution in [0.2, 0.25) is 0 Å². The molecule has 1 N–H and O–H groups in total. The van der Waals surface area contributed by atoms with Crippen LogP contribution in [0.5, 0.6) is 0 Å². The lowest BCUT2D eigenvalue weighted by molar-refractivity contribution is 0.200. The molecule has 1 saturated heterocycles. The molecule has 13 heavy (non-hydrogen) atoms. The van der Waals surface area contributed by atoms with Crippen molar-refractivity contribution < 1.29 is 4.79 Å². The second-order valence-corrected chi connectivity index (χ2v) is 3.88. The van der Waals surface area contributed by atoms with Crippen LogP contribution in [-0.2, 0) is 0 Å². The largest absolute Gasteiger partial charge is 0.334 e. The van der Waals surface area contributed by atoms with E-state index in [9.17, 15) is 4.79 Å². The Morgan fingerprint density at radius 2 is 2.15 bits per heavy atom. The fraction of sp³-hybridized carbons (Fsp3) is 0.889. The standard InChI is InChI=1S/C9H18N2OS/c1-2-5-10-8-3-6-11(7-4-8)9(12)13/h8,10H,2-7H2,1H3,(H,12,13). The second-order valence-electron chi connectivity index (χ2n) is 3.50. The van der Waals surface area contributed by atoms with Gasteiger partial charge in [0.1, 0.15) is 0 Å². The van der Waals surface area contributed by atoms with Gasteiger partial charge in [-0.15, -0.1) is 0 Å². The van der Waals surface area contributed by atoms with E-state index < -0.39 is 0 Å². The average molecular weight is 202 g/mol. The van der Waals surface area contributed by atoms with Crippen molar-refractivity contribution in [3.05, 3.63) is 0 Å². The molecule has 0 unspecified atom stereocenters. The van der Waals surface area contributed by atoms with Crippen LogP contribution in [0.4, 0.5) is 4.79 Å². The summed E-state index contributed by atoms with van der Waals surface area (Å²) in [7, 11) is 0. The molecular formula is C9H18N2OS. The van der Waals surface area contributed by atoms with Crippen LogP contribution < -0.4 is 5.32 Å². The summed E-state index contributed by atoms with van der Waals surface area (Å²) in [6, 6.07) is 0.601. The molecule has 1 aliphatic heterocycles. The molecule has 0 spiro atoms. The summed E-state index contributed by atoms with van der Waals surface area (Å²) in [4.78, 5) is 12.7. The highest BCUT2D eigenvalue weighted by Crippen LogP contribution is 2.11. The number of likely N-dealkylation sites (tertiary alicyclic amines) is 1. The van der Waals surface area contributed by atoms with E-state index in [4.69, 9.17) is 0 Å². The van der Waals surface area contributed by atoms with Crippen LogP contribution in [0.1, 0.15) is 26.2 Å². The van der Waals surface area contributed by atoms with Crippen molar-refractivity contribution in [1.29, 1.82) is 0 Å². The fourth-order valence-electron chi connectivity index (χ4n) is 1.62. The van der Waals surface area contributed by atoms with Gasteiger partial charge < -0.3 is 10.2 Å². The molecule has 0 aromatic heterocycles. The number of carbonyl (C=O) groups is 1. The van der Waals surface area contributed by atoms with Gasteiger partial charge in [-0.1, -0.05) is 19.6 Å². The van der Waals surface area contributed by atoms with Gasteiger partial charge in [0.05, 0.1) is 0 Å². The van der Waals surface area contributed by atoms with Gasteiger partial charge in [-0.25, -0.2) is 0 Å². The number of hydrogen-bond acceptors (Lipinski definition) is 2. The van der Waals surface area contributed by atoms with Crippen molar-refractivity contribution in [2.45, 2.75) is 32.2 Å². The summed E-state index contributed by atoms with van der Waals surface area (Å²) in [5.74, 6) is 0. The quantitative estimate of drug-likeness (QED) is 0.680. The van der Waals surface area contributed by atoms with E-state index in [2.05, 4.69) is 24.9 Å². The molecule has 1 amide bonds. The van der Waals surface area contributed by atoms with E-state index in [0.29, 0.717) is 6.04 Å². The zero-order valence-electron chi connectivity index (χ0n) is 8.12. The summed E-state index contributed by atoms with van der Waals surface area (Å²) in [6.07, 6.45) is 3.30. The Morgan fingerprint density at radius 3 is 2.62 bits per heavy atom. The highest BCUT2D eigenvalue weighted by molar-refractivity contribution is 7.96. The number of nitrogens with one attached hydrogen (secondary N) is 1. The van der Waals surface area contributed by atoms with Crippen LogP contribution >= 0.6 is 12.6 Å². The van der Waals surface area contributed by atoms with E-state index in [1.807, 2.05) is 0 Å². The van der Waals surface area contributed by atoms with Gasteiger partial charge in [0.15, 0.2) is 0 Å². The number of piperidine rings is 1. The third kappa shape index (κ3) is 3.56. The van der Waals surface area contributed by atoms with Crippen molar-refractivity contribution in [3.8, 4) is 0 Å². The molecule has 1 rings (SSSR count). The molecule has 0 aliphatic carbocycles. The minimum Gasteiger partial charge on any atom is -0.334 e. The number of carbonyl (C=O) groups excluding carboxylic acids is 1. The summed E-state index contributed by atoms with van der Waals surface area (Å²) in [6.45, 7) is 4.95. The first-order valence-corrected chi connectivity index (χ1v) is 5.40. The SMILES string of the molecule is CCCNC1CCN(C(=O)S)CC1. The molecule has 0 aromatic rings. The number of nitrogens with zero attached hydrogens (tertiary/aromatic N) is 1. The van der Waals surface area contributed by atoms with E-state index in [1.54, 1.807) is 4.90 Å². The molecule has 3 nitrogen and oxygen atoms in total. The summed E-state index contributed by atoms with van der Waals surface area (Å²) in [5, 5.41) is 3.38. The van der Waals surface area contributed by atoms with Gasteiger partial charge in [0, 0.05) is 19.1 Å². The lowest BCUT2D eigenvalue weighted by Crippen LogP contribution is -2.43. The maximum absolute atomic E-state index is 10.9. The summed E-state index contributed by atoms with van der Waals surface area (Å²) >= 11 is 3.81. The summed E-state index contributed by atoms with van der Waals surface area (Å²) < 4.78 is 0. The smallest absolute Gasteiger partial charge is 0.278 e. The van der Waals surface area contributed by atoms with Gasteiger partial charge in [-0.3, -0.25) is 4.79 Å². The molecule has 0 atom stereocenters. The monoisotopic (exact) mass is 202 g/mol. The van der Waals surface area contributed by atoms with Crippen LogP contribution in [0.3, 0.4) is 0 Å². The maximum Gasteiger partial charge on any atom is 0.278 e. The van der Waals surface area contributed by atoms with Gasteiger partial charge in [0.25, 0.3) is 5.24 Å². The molecule has 1 heterocycles. The van der Waals surface area contributed by atoms with Crippen LogP contribution in [0, 0.1) is 0 Å². The fourth-order valence-corrected chi connectivity index (χ4v) is 1.82. The Kier molecular flexibility index (Phi) is 4.59. The van der Waals surface area contributed by atoms with Gasteiger partial charge >= 0.3 is 0 Å². The third-order valence-corrected chi connectivity index (χ3v) is 2.73. The Labute approximate surface area is 85.3 Å². The molecule has 0 aromatic carbocycles. The van der Waals surface area contributed by atoms with Crippen molar-refractivity contribution >= 4 is 17.9 Å². The molecule has 1 fully saturated rings. The first kappa shape index (κ1) is 10.9. The zero-order chi connectivity index (χ0) is 9.68. The Bertz CT molecular complexity index is 167. The van der Waals surface area contributed by atoms with Crippen molar-refractivity contribution in [2.24, 2.45) is 0 Å². The molecule has 4 heteroatoms. The third-order valence-electron chi connectivity index (χ3n) is 2.45. The highest BCUT2D eigenvalue weighted by atomic mass is 32.1. The molecule has 0 saturated carbocycles. The predicted octanol–water partition coefficient (Wildman–Crippen LogP) is 1.50. The molecular weight excluding hydrogens is 184 g/mol. The molecule has 1 aliphatic rings. The highest BCUT2D eigenvalue weighted by Gasteiger charge is 2.19. The summed E-state index contributed by atoms with van der Waals surface area (Å²) in [5.41, 5.74) is 0. The topological polar surface area (TPSA) is 32.3 Å². The number of rotatable bonds is 3. The van der Waals surface area contributed by atoms with Crippen molar-refractivity contribution in [2.75, 3.05) is 19.6 Å². The Hall–Kier alpha value is -0.220. The molecule has 76 valence electrons. The second kappa shape index (κ2) is 5.50. The van der Waals surface area contributed by atoms with E-state index in [1.165, 1.54) is 6.42 Å². The lowest BCUT2D eigenvalue weighted by atomic mass is 10.1. The normalized spacial score (nSPS) is 19.1. The first-order valence-electron chi connectivity index (χ1n) is 4.95. The van der Waals surface area contributed by atoms with Crippen molar-refractivity contribution in [1.82, 2.24) is 10.2 Å². The Balaban J connectivity index is 2.18. The minimum absolute atomic E-state index is 0.0889. The number of amides is 1. The first-order chi connectivity index (χ1) is 6.24. The predicted molar refractivity (Wildman–Crippen MR) is 57.3 cm³/mol. The van der Waals surface area contributed by atoms with Gasteiger partial charge in [0.2, 0.25) is 0 Å². The number of hydrogen-bond donors (Lipinski definition) is 2.